The largest absolute Gasteiger partial charge is 0.327 e. The molecule has 0 aromatic heterocycles. The molecule has 0 aliphatic heterocycles. The average Bonchev–Trinajstić information content (AvgIpc) is 2.05. The highest BCUT2D eigenvalue weighted by atomic mass is 127. The minimum atomic E-state index is 0.673. The molecule has 11 heavy (non-hydrogen) atoms. The number of hydrogen-bond donors (Lipinski definition) is 1. The van der Waals surface area contributed by atoms with Gasteiger partial charge < -0.3 is 3.53 Å². The van der Waals surface area contributed by atoms with Crippen molar-refractivity contribution >= 4 is 50.8 Å². The lowest BCUT2D eigenvalue weighted by Crippen LogP contribution is -1.84. The Bertz CT molecular complexity index is 277. The second-order valence-electron chi connectivity index (χ2n) is 1.95. The minimum absolute atomic E-state index is 0.673. The molecule has 0 aliphatic rings. The maximum Gasteiger partial charge on any atom is 0.150 e. The molecule has 58 valence electrons. The van der Waals surface area contributed by atoms with E-state index >= 15 is 0 Å². The van der Waals surface area contributed by atoms with Crippen molar-refractivity contribution in [1.29, 1.82) is 0 Å². The Labute approximate surface area is 87.0 Å². The first kappa shape index (κ1) is 8.99. The zero-order valence-corrected chi connectivity index (χ0v) is 9.22. The van der Waals surface area contributed by atoms with Crippen molar-refractivity contribution in [3.05, 3.63) is 28.2 Å². The summed E-state index contributed by atoms with van der Waals surface area (Å²) in [4.78, 5) is 10.3. The third-order valence-electron chi connectivity index (χ3n) is 1.23. The Morgan fingerprint density at radius 3 is 2.82 bits per heavy atom. The summed E-state index contributed by atoms with van der Waals surface area (Å²) in [6.45, 7) is 0. The molecule has 0 spiro atoms. The van der Waals surface area contributed by atoms with Crippen LogP contribution in [0.2, 0.25) is 0 Å². The number of anilines is 1. The van der Waals surface area contributed by atoms with E-state index in [1.807, 2.05) is 28.9 Å². The number of carbonyl (C=O) groups excluding carboxylic acids is 1. The van der Waals surface area contributed by atoms with E-state index in [-0.39, 0.29) is 0 Å². The van der Waals surface area contributed by atoms with Crippen molar-refractivity contribution in [2.24, 2.45) is 0 Å². The smallest absolute Gasteiger partial charge is 0.150 e. The van der Waals surface area contributed by atoms with Crippen LogP contribution in [0, 0.1) is 0 Å². The van der Waals surface area contributed by atoms with Crippen LogP contribution in [0.25, 0.3) is 0 Å². The van der Waals surface area contributed by atoms with Gasteiger partial charge in [0.15, 0.2) is 0 Å². The average molecular weight is 326 g/mol. The van der Waals surface area contributed by atoms with Crippen molar-refractivity contribution in [3.8, 4) is 0 Å². The molecule has 0 radical (unpaired) electrons. The van der Waals surface area contributed by atoms with Crippen LogP contribution >= 0.6 is 38.8 Å². The van der Waals surface area contributed by atoms with Crippen molar-refractivity contribution < 1.29 is 4.79 Å². The highest BCUT2D eigenvalue weighted by Gasteiger charge is 1.98. The quantitative estimate of drug-likeness (QED) is 0.514. The number of aldehydes is 1. The fraction of sp³-hybridized carbons (Fsp3) is 0. The molecule has 1 aromatic carbocycles. The predicted octanol–water partition coefficient (Wildman–Crippen LogP) is 3.02. The molecule has 0 amide bonds. The fourth-order valence-electron chi connectivity index (χ4n) is 0.689. The molecular weight excluding hydrogens is 321 g/mol. The van der Waals surface area contributed by atoms with Gasteiger partial charge in [0.1, 0.15) is 6.29 Å². The molecule has 1 rings (SSSR count). The van der Waals surface area contributed by atoms with Crippen LogP contribution < -0.4 is 3.53 Å². The first-order chi connectivity index (χ1) is 5.27. The molecule has 2 nitrogen and oxygen atoms in total. The van der Waals surface area contributed by atoms with E-state index in [0.29, 0.717) is 5.56 Å². The number of benzene rings is 1. The lowest BCUT2D eigenvalue weighted by atomic mass is 10.2. The second-order valence-corrected chi connectivity index (χ2v) is 3.35. The highest BCUT2D eigenvalue weighted by molar-refractivity contribution is 14.1. The first-order valence-corrected chi connectivity index (χ1v) is 4.76. The van der Waals surface area contributed by atoms with Gasteiger partial charge in [-0.25, -0.2) is 0 Å². The molecule has 1 aromatic rings. The number of halogens is 2. The van der Waals surface area contributed by atoms with Crippen LogP contribution in [0.5, 0.6) is 0 Å². The standard InChI is InChI=1S/C7H5BrINO/c8-6-2-1-5(4-11)3-7(6)10-9/h1-4,10H. The zero-order valence-electron chi connectivity index (χ0n) is 5.47. The molecule has 4 heteroatoms. The molecule has 0 bridgehead atoms. The molecule has 0 aliphatic carbocycles. The first-order valence-electron chi connectivity index (χ1n) is 2.89. The van der Waals surface area contributed by atoms with Crippen LogP contribution in [0.15, 0.2) is 22.7 Å². The molecule has 0 fully saturated rings. The topological polar surface area (TPSA) is 29.1 Å². The molecule has 0 saturated heterocycles. The number of carbonyl (C=O) groups is 1. The number of nitrogens with one attached hydrogen (secondary N) is 1. The lowest BCUT2D eigenvalue weighted by molar-refractivity contribution is 0.112. The third kappa shape index (κ3) is 2.16. The lowest BCUT2D eigenvalue weighted by Gasteiger charge is -2.01. The van der Waals surface area contributed by atoms with Gasteiger partial charge in [-0.3, -0.25) is 4.79 Å². The van der Waals surface area contributed by atoms with Crippen molar-refractivity contribution in [3.63, 3.8) is 0 Å². The Morgan fingerprint density at radius 2 is 2.27 bits per heavy atom. The Hall–Kier alpha value is -0.100. The Morgan fingerprint density at radius 1 is 1.55 bits per heavy atom. The SMILES string of the molecule is O=Cc1ccc(Br)c(NI)c1. The van der Waals surface area contributed by atoms with Gasteiger partial charge in [0.2, 0.25) is 0 Å². The summed E-state index contributed by atoms with van der Waals surface area (Å²) in [6, 6.07) is 5.38. The summed E-state index contributed by atoms with van der Waals surface area (Å²) in [7, 11) is 0. The maximum absolute atomic E-state index is 10.3. The van der Waals surface area contributed by atoms with Gasteiger partial charge in [-0.15, -0.1) is 0 Å². The van der Waals surface area contributed by atoms with Gasteiger partial charge in [0.05, 0.1) is 28.6 Å². The summed E-state index contributed by atoms with van der Waals surface area (Å²) in [5.41, 5.74) is 1.59. The van der Waals surface area contributed by atoms with E-state index in [2.05, 4.69) is 19.5 Å². The van der Waals surface area contributed by atoms with Crippen molar-refractivity contribution in [2.45, 2.75) is 0 Å². The molecular formula is C7H5BrINO. The summed E-state index contributed by atoms with van der Waals surface area (Å²) in [6.07, 6.45) is 0.823. The summed E-state index contributed by atoms with van der Waals surface area (Å²) >= 11 is 5.35. The fourth-order valence-corrected chi connectivity index (χ4v) is 1.85. The van der Waals surface area contributed by atoms with E-state index in [4.69, 9.17) is 0 Å². The van der Waals surface area contributed by atoms with Crippen LogP contribution in [0.3, 0.4) is 0 Å². The molecule has 1 N–H and O–H groups in total. The van der Waals surface area contributed by atoms with Gasteiger partial charge in [-0.1, -0.05) is 6.07 Å². The van der Waals surface area contributed by atoms with Gasteiger partial charge in [0.25, 0.3) is 0 Å². The molecule has 0 heterocycles. The third-order valence-corrected chi connectivity index (χ3v) is 2.50. The molecule has 0 atom stereocenters. The molecule has 0 saturated carbocycles. The minimum Gasteiger partial charge on any atom is -0.327 e. The second kappa shape index (κ2) is 4.06. The molecule has 0 unspecified atom stereocenters. The van der Waals surface area contributed by atoms with Crippen LogP contribution in [0.1, 0.15) is 10.4 Å². The summed E-state index contributed by atoms with van der Waals surface area (Å²) in [5, 5.41) is 0. The van der Waals surface area contributed by atoms with E-state index in [1.165, 1.54) is 0 Å². The van der Waals surface area contributed by atoms with Gasteiger partial charge in [0, 0.05) is 10.0 Å². The van der Waals surface area contributed by atoms with Crippen molar-refractivity contribution in [2.75, 3.05) is 3.53 Å². The number of hydrogen-bond acceptors (Lipinski definition) is 2. The van der Waals surface area contributed by atoms with Gasteiger partial charge >= 0.3 is 0 Å². The number of rotatable bonds is 2. The Kier molecular flexibility index (Phi) is 3.32. The van der Waals surface area contributed by atoms with E-state index in [0.717, 1.165) is 16.4 Å². The summed E-state index contributed by atoms with van der Waals surface area (Å²) in [5.74, 6) is 0. The van der Waals surface area contributed by atoms with Crippen molar-refractivity contribution in [1.82, 2.24) is 0 Å². The van der Waals surface area contributed by atoms with E-state index < -0.39 is 0 Å². The van der Waals surface area contributed by atoms with Gasteiger partial charge in [-0.05, 0) is 28.1 Å². The normalized spacial score (nSPS) is 9.27. The van der Waals surface area contributed by atoms with Gasteiger partial charge in [-0.2, -0.15) is 0 Å². The Balaban J connectivity index is 3.12. The zero-order chi connectivity index (χ0) is 8.27. The van der Waals surface area contributed by atoms with E-state index in [1.54, 1.807) is 12.1 Å². The summed E-state index contributed by atoms with van der Waals surface area (Å²) < 4.78 is 3.89. The van der Waals surface area contributed by atoms with Crippen LogP contribution in [-0.4, -0.2) is 6.29 Å². The highest BCUT2D eigenvalue weighted by Crippen LogP contribution is 2.23. The van der Waals surface area contributed by atoms with E-state index in [9.17, 15) is 4.79 Å². The van der Waals surface area contributed by atoms with Crippen LogP contribution in [0.4, 0.5) is 5.69 Å². The monoisotopic (exact) mass is 325 g/mol. The van der Waals surface area contributed by atoms with Crippen LogP contribution in [-0.2, 0) is 0 Å². The predicted molar refractivity (Wildman–Crippen MR) is 57.2 cm³/mol. The maximum atomic E-state index is 10.3.